The molecule has 1 aliphatic rings. The minimum atomic E-state index is -3.45. The predicted octanol–water partition coefficient (Wildman–Crippen LogP) is 2.34. The number of pyridine rings is 1. The van der Waals surface area contributed by atoms with Gasteiger partial charge in [0.05, 0.1) is 0 Å². The Bertz CT molecular complexity index is 511. The van der Waals surface area contributed by atoms with Gasteiger partial charge in [0.2, 0.25) is 0 Å². The largest absolute Gasteiger partial charge is 0.260 e. The minimum absolute atomic E-state index is 0.115. The Hall–Kier alpha value is -0.300. The van der Waals surface area contributed by atoms with E-state index in [4.69, 9.17) is 11.6 Å². The zero-order valence-corrected chi connectivity index (χ0v) is 13.1. The lowest BCUT2D eigenvalue weighted by Gasteiger charge is -2.29. The first-order valence-electron chi connectivity index (χ1n) is 6.11. The van der Waals surface area contributed by atoms with Crippen LogP contribution in [0.1, 0.15) is 18.4 Å². The average Bonchev–Trinajstić information content (AvgIpc) is 2.47. The third-order valence-corrected chi connectivity index (χ3v) is 6.55. The Morgan fingerprint density at radius 1 is 1.42 bits per heavy atom. The van der Waals surface area contributed by atoms with Crippen molar-refractivity contribution in [2.24, 2.45) is 0 Å². The lowest BCUT2D eigenvalue weighted by Crippen LogP contribution is -2.39. The van der Waals surface area contributed by atoms with Crippen molar-refractivity contribution >= 4 is 33.4 Å². The Balaban J connectivity index is 2.13. The molecule has 0 aromatic carbocycles. The highest BCUT2D eigenvalue weighted by Gasteiger charge is 2.29. The van der Waals surface area contributed by atoms with Gasteiger partial charge >= 0.3 is 0 Å². The lowest BCUT2D eigenvalue weighted by molar-refractivity contribution is 0.351. The zero-order valence-electron chi connectivity index (χ0n) is 10.8. The molecule has 1 aromatic heterocycles. The highest BCUT2D eigenvalue weighted by molar-refractivity contribution is 7.99. The molecule has 1 saturated heterocycles. The van der Waals surface area contributed by atoms with Crippen LogP contribution >= 0.6 is 23.4 Å². The van der Waals surface area contributed by atoms with Crippen LogP contribution in [0, 0.1) is 0 Å². The number of aromatic nitrogens is 1. The van der Waals surface area contributed by atoms with Crippen LogP contribution in [-0.4, -0.2) is 42.3 Å². The normalized spacial score (nSPS) is 18.6. The summed E-state index contributed by atoms with van der Waals surface area (Å²) in [6.45, 7) is 1.15. The van der Waals surface area contributed by atoms with Crippen molar-refractivity contribution in [3.8, 4) is 0 Å². The number of thioether (sulfide) groups is 1. The Labute approximate surface area is 123 Å². The molecule has 2 heterocycles. The van der Waals surface area contributed by atoms with Gasteiger partial charge in [0.15, 0.2) is 5.03 Å². The molecule has 2 rings (SSSR count). The highest BCUT2D eigenvalue weighted by atomic mass is 35.5. The number of alkyl halides is 1. The van der Waals surface area contributed by atoms with Gasteiger partial charge in [-0.1, -0.05) is 6.07 Å². The summed E-state index contributed by atoms with van der Waals surface area (Å²) in [4.78, 5) is 4.02. The first-order chi connectivity index (χ1) is 9.07. The Kier molecular flexibility index (Phi) is 5.11. The molecule has 0 radical (unpaired) electrons. The van der Waals surface area contributed by atoms with Gasteiger partial charge in [0.25, 0.3) is 10.0 Å². The molecular weight excluding hydrogens is 304 g/mol. The fraction of sp³-hybridized carbons (Fsp3) is 0.583. The van der Waals surface area contributed by atoms with Gasteiger partial charge in [0, 0.05) is 30.4 Å². The molecular formula is C12H17ClN2O2S2. The van der Waals surface area contributed by atoms with Gasteiger partial charge in [-0.3, -0.25) is 0 Å². The summed E-state index contributed by atoms with van der Waals surface area (Å²) in [5, 5.41) is 0.682. The van der Waals surface area contributed by atoms with Gasteiger partial charge in [-0.05, 0) is 30.7 Å². The monoisotopic (exact) mass is 320 g/mol. The predicted molar refractivity (Wildman–Crippen MR) is 79.1 cm³/mol. The van der Waals surface area contributed by atoms with E-state index in [0.29, 0.717) is 24.2 Å². The van der Waals surface area contributed by atoms with Gasteiger partial charge < -0.3 is 0 Å². The number of sulfonamides is 1. The van der Waals surface area contributed by atoms with Crippen LogP contribution in [0.15, 0.2) is 23.4 Å². The van der Waals surface area contributed by atoms with Crippen molar-refractivity contribution in [1.82, 2.24) is 9.29 Å². The number of hydrogen-bond donors (Lipinski definition) is 0. The summed E-state index contributed by atoms with van der Waals surface area (Å²) in [6, 6.07) is 3.25. The first-order valence-corrected chi connectivity index (χ1v) is 9.38. The van der Waals surface area contributed by atoms with Crippen LogP contribution in [0.4, 0.5) is 0 Å². The molecule has 0 saturated carbocycles. The number of hydrogen-bond acceptors (Lipinski definition) is 4. The quantitative estimate of drug-likeness (QED) is 0.799. The van der Waals surface area contributed by atoms with E-state index in [-0.39, 0.29) is 5.03 Å². The first kappa shape index (κ1) is 15.1. The average molecular weight is 321 g/mol. The van der Waals surface area contributed by atoms with Crippen molar-refractivity contribution in [3.05, 3.63) is 23.9 Å². The van der Waals surface area contributed by atoms with Crippen LogP contribution in [0.2, 0.25) is 0 Å². The molecule has 106 valence electrons. The number of halogens is 1. The molecule has 0 N–H and O–H groups in total. The molecule has 7 heteroatoms. The number of rotatable bonds is 4. The van der Waals surface area contributed by atoms with Crippen molar-refractivity contribution < 1.29 is 8.42 Å². The van der Waals surface area contributed by atoms with Crippen molar-refractivity contribution in [2.45, 2.75) is 29.0 Å². The van der Waals surface area contributed by atoms with Crippen LogP contribution in [-0.2, 0) is 15.9 Å². The fourth-order valence-electron chi connectivity index (χ4n) is 2.08. The Morgan fingerprint density at radius 2 is 2.11 bits per heavy atom. The second-order valence-electron chi connectivity index (χ2n) is 4.48. The molecule has 4 nitrogen and oxygen atoms in total. The highest BCUT2D eigenvalue weighted by Crippen LogP contribution is 2.25. The smallest absolute Gasteiger partial charge is 0.243 e. The maximum Gasteiger partial charge on any atom is 0.260 e. The summed E-state index contributed by atoms with van der Waals surface area (Å²) < 4.78 is 26.3. The van der Waals surface area contributed by atoms with E-state index in [1.165, 1.54) is 16.6 Å². The van der Waals surface area contributed by atoms with E-state index >= 15 is 0 Å². The van der Waals surface area contributed by atoms with Gasteiger partial charge in [-0.2, -0.15) is 16.1 Å². The number of nitrogens with zero attached hydrogens (tertiary/aromatic N) is 2. The van der Waals surface area contributed by atoms with E-state index in [9.17, 15) is 8.42 Å². The summed E-state index contributed by atoms with van der Waals surface area (Å²) in [5.41, 5.74) is 0.821. The summed E-state index contributed by atoms with van der Waals surface area (Å²) in [6.07, 6.45) is 5.40. The van der Waals surface area contributed by atoms with E-state index in [2.05, 4.69) is 11.2 Å². The fourth-order valence-corrected chi connectivity index (χ4v) is 4.31. The van der Waals surface area contributed by atoms with Crippen molar-refractivity contribution in [3.63, 3.8) is 0 Å². The molecule has 1 fully saturated rings. The topological polar surface area (TPSA) is 50.3 Å². The Morgan fingerprint density at radius 3 is 2.58 bits per heavy atom. The summed E-state index contributed by atoms with van der Waals surface area (Å²) in [5.74, 6) is 0.340. The van der Waals surface area contributed by atoms with E-state index < -0.39 is 10.0 Å². The van der Waals surface area contributed by atoms with E-state index in [1.807, 2.05) is 11.8 Å². The zero-order chi connectivity index (χ0) is 13.9. The third-order valence-electron chi connectivity index (χ3n) is 3.29. The summed E-state index contributed by atoms with van der Waals surface area (Å²) in [7, 11) is -3.45. The lowest BCUT2D eigenvalue weighted by atomic mass is 10.2. The molecule has 0 aliphatic carbocycles. The second-order valence-corrected chi connectivity index (χ2v) is 7.77. The molecule has 0 atom stereocenters. The van der Waals surface area contributed by atoms with Crippen LogP contribution in [0.3, 0.4) is 0 Å². The van der Waals surface area contributed by atoms with Crippen LogP contribution in [0.25, 0.3) is 0 Å². The van der Waals surface area contributed by atoms with Crippen molar-refractivity contribution in [2.75, 3.05) is 19.3 Å². The minimum Gasteiger partial charge on any atom is -0.243 e. The molecule has 0 amide bonds. The van der Waals surface area contributed by atoms with Crippen molar-refractivity contribution in [1.29, 1.82) is 0 Å². The molecule has 0 unspecified atom stereocenters. The molecule has 19 heavy (non-hydrogen) atoms. The standard InChI is InChI=1S/C12H17ClN2O2S2/c1-18-11-4-6-15(7-5-11)19(16,17)12-3-2-10(8-13)9-14-12/h2-3,9,11H,4-8H2,1H3. The molecule has 0 spiro atoms. The molecule has 0 bridgehead atoms. The van der Waals surface area contributed by atoms with E-state index in [0.717, 1.165) is 18.4 Å². The molecule has 1 aromatic rings. The molecule has 1 aliphatic heterocycles. The number of piperidine rings is 1. The van der Waals surface area contributed by atoms with Gasteiger partial charge in [-0.15, -0.1) is 11.6 Å². The van der Waals surface area contributed by atoms with Gasteiger partial charge in [0.1, 0.15) is 0 Å². The van der Waals surface area contributed by atoms with Crippen LogP contribution in [0.5, 0.6) is 0 Å². The van der Waals surface area contributed by atoms with Gasteiger partial charge in [-0.25, -0.2) is 13.4 Å². The third kappa shape index (κ3) is 3.42. The SMILES string of the molecule is CSC1CCN(S(=O)(=O)c2ccc(CCl)cn2)CC1. The second kappa shape index (κ2) is 6.43. The summed E-state index contributed by atoms with van der Waals surface area (Å²) >= 11 is 7.48. The van der Waals surface area contributed by atoms with E-state index in [1.54, 1.807) is 6.07 Å². The maximum absolute atomic E-state index is 12.4. The van der Waals surface area contributed by atoms with Crippen LogP contribution < -0.4 is 0 Å². The maximum atomic E-state index is 12.4.